The predicted molar refractivity (Wildman–Crippen MR) is 155 cm³/mol. The van der Waals surface area contributed by atoms with Gasteiger partial charge < -0.3 is 11.1 Å². The molecule has 0 aliphatic carbocycles. The summed E-state index contributed by atoms with van der Waals surface area (Å²) in [7, 11) is 0. The van der Waals surface area contributed by atoms with Gasteiger partial charge in [-0.1, -0.05) is 48.7 Å². The molecule has 0 unspecified atom stereocenters. The van der Waals surface area contributed by atoms with E-state index in [0.717, 1.165) is 20.1 Å². The van der Waals surface area contributed by atoms with E-state index in [2.05, 4.69) is 82.9 Å². The molecule has 1 amide bonds. The van der Waals surface area contributed by atoms with Crippen LogP contribution in [0.3, 0.4) is 0 Å². The number of carbonyl (C=O) groups is 1. The Kier molecular flexibility index (Phi) is 8.91. The third kappa shape index (κ3) is 5.45. The fourth-order valence-corrected chi connectivity index (χ4v) is 7.47. The number of anilines is 2. The summed E-state index contributed by atoms with van der Waals surface area (Å²) >= 11 is 33.8. The van der Waals surface area contributed by atoms with Gasteiger partial charge in [-0.15, -0.1) is 0 Å². The first-order valence-electron chi connectivity index (χ1n) is 9.57. The van der Waals surface area contributed by atoms with E-state index >= 15 is 0 Å². The van der Waals surface area contributed by atoms with Gasteiger partial charge >= 0.3 is 0 Å². The Morgan fingerprint density at radius 1 is 0.848 bits per heavy atom. The van der Waals surface area contributed by atoms with Crippen LogP contribution in [0, 0.1) is 6.92 Å². The van der Waals surface area contributed by atoms with E-state index in [9.17, 15) is 4.79 Å². The van der Waals surface area contributed by atoms with E-state index in [1.807, 2.05) is 13.0 Å². The van der Waals surface area contributed by atoms with Gasteiger partial charge in [0.2, 0.25) is 0 Å². The lowest BCUT2D eigenvalue weighted by Crippen LogP contribution is -2.15. The number of hydrogen-bond donors (Lipinski definition) is 2. The van der Waals surface area contributed by atoms with Crippen LogP contribution in [0.25, 0.3) is 11.1 Å². The molecule has 0 atom stereocenters. The van der Waals surface area contributed by atoms with Crippen LogP contribution in [0.5, 0.6) is 0 Å². The molecule has 0 spiro atoms. The summed E-state index contributed by atoms with van der Waals surface area (Å²) in [6.45, 7) is 6.03. The summed E-state index contributed by atoms with van der Waals surface area (Å²) in [4.78, 5) is 13.2. The fraction of sp³-hybridized carbons (Fsp3) is 0.174. The van der Waals surface area contributed by atoms with Gasteiger partial charge in [0, 0.05) is 34.7 Å². The predicted octanol–water partition coefficient (Wildman–Crippen LogP) is 10.6. The number of nitrogen functional groups attached to an aromatic ring is 1. The first-order valence-corrected chi connectivity index (χ1v) is 13.9. The molecule has 0 radical (unpaired) electrons. The third-order valence-corrected chi connectivity index (χ3v) is 10.3. The van der Waals surface area contributed by atoms with Gasteiger partial charge in [-0.25, -0.2) is 0 Å². The minimum Gasteiger partial charge on any atom is -0.398 e. The van der Waals surface area contributed by atoms with Crippen LogP contribution < -0.4 is 11.1 Å². The van der Waals surface area contributed by atoms with Crippen molar-refractivity contribution in [2.75, 3.05) is 11.1 Å². The zero-order valence-corrected chi connectivity index (χ0v) is 26.1. The van der Waals surface area contributed by atoms with Gasteiger partial charge in [-0.05, 0) is 112 Å². The van der Waals surface area contributed by atoms with E-state index in [1.165, 1.54) is 0 Å². The van der Waals surface area contributed by atoms with Gasteiger partial charge in [0.15, 0.2) is 0 Å². The van der Waals surface area contributed by atoms with Gasteiger partial charge in [-0.3, -0.25) is 4.79 Å². The minimum atomic E-state index is -0.363. The summed E-state index contributed by atoms with van der Waals surface area (Å²) in [6.07, 6.45) is 0. The summed E-state index contributed by atoms with van der Waals surface area (Å²) in [5, 5.41) is 4.02. The second-order valence-corrected chi connectivity index (χ2v) is 12.0. The van der Waals surface area contributed by atoms with Crippen LogP contribution >= 0.6 is 98.5 Å². The molecule has 0 heterocycles. The van der Waals surface area contributed by atoms with Crippen LogP contribution in [0.1, 0.15) is 41.3 Å². The molecule has 3 N–H and O–H groups in total. The summed E-state index contributed by atoms with van der Waals surface area (Å²) in [5.41, 5.74) is 10.6. The van der Waals surface area contributed by atoms with Crippen molar-refractivity contribution >= 4 is 116 Å². The lowest BCUT2D eigenvalue weighted by molar-refractivity contribution is 0.102. The molecule has 0 saturated heterocycles. The molecule has 0 bridgehead atoms. The molecule has 0 saturated carbocycles. The maximum atomic E-state index is 13.2. The van der Waals surface area contributed by atoms with Crippen LogP contribution in [0.2, 0.25) is 15.1 Å². The van der Waals surface area contributed by atoms with Crippen molar-refractivity contribution in [2.45, 2.75) is 26.7 Å². The Balaban J connectivity index is 2.03. The fourth-order valence-electron chi connectivity index (χ4n) is 3.29. The van der Waals surface area contributed by atoms with Gasteiger partial charge in [0.1, 0.15) is 0 Å². The molecule has 3 aromatic rings. The molecule has 0 fully saturated rings. The van der Waals surface area contributed by atoms with Crippen molar-refractivity contribution in [2.24, 2.45) is 0 Å². The van der Waals surface area contributed by atoms with Gasteiger partial charge in [-0.2, -0.15) is 0 Å². The highest BCUT2D eigenvalue weighted by atomic mass is 79.9. The van der Waals surface area contributed by atoms with Crippen LogP contribution in [0.4, 0.5) is 11.4 Å². The molecule has 10 heteroatoms. The Bertz CT molecular complexity index is 1270. The molecule has 33 heavy (non-hydrogen) atoms. The van der Waals surface area contributed by atoms with E-state index < -0.39 is 0 Å². The summed E-state index contributed by atoms with van der Waals surface area (Å²) in [6, 6.07) is 6.81. The Hall–Kier alpha value is -0.280. The van der Waals surface area contributed by atoms with Crippen molar-refractivity contribution in [3.8, 4) is 11.1 Å². The van der Waals surface area contributed by atoms with Crippen molar-refractivity contribution in [1.82, 2.24) is 0 Å². The molecule has 3 nitrogen and oxygen atoms in total. The highest BCUT2D eigenvalue weighted by Crippen LogP contribution is 2.45. The van der Waals surface area contributed by atoms with Crippen molar-refractivity contribution in [3.63, 3.8) is 0 Å². The maximum absolute atomic E-state index is 13.2. The van der Waals surface area contributed by atoms with Crippen LogP contribution in [-0.2, 0) is 0 Å². The Labute approximate surface area is 241 Å². The molecule has 0 aliphatic rings. The van der Waals surface area contributed by atoms with Crippen LogP contribution in [0.15, 0.2) is 42.2 Å². The average Bonchev–Trinajstić information content (AvgIpc) is 2.72. The van der Waals surface area contributed by atoms with E-state index in [1.54, 1.807) is 18.2 Å². The number of aryl methyl sites for hydroxylation is 1. The molecular formula is C23H17Br4Cl3N2O. The largest absolute Gasteiger partial charge is 0.398 e. The van der Waals surface area contributed by atoms with E-state index in [0.29, 0.717) is 52.1 Å². The number of nitrogens with one attached hydrogen (secondary N) is 1. The summed E-state index contributed by atoms with van der Waals surface area (Å²) < 4.78 is 2.85. The normalized spacial score (nSPS) is 11.2. The second kappa shape index (κ2) is 10.8. The highest BCUT2D eigenvalue weighted by Gasteiger charge is 2.25. The van der Waals surface area contributed by atoms with Gasteiger partial charge in [0.25, 0.3) is 5.91 Å². The average molecular weight is 763 g/mol. The zero-order valence-electron chi connectivity index (χ0n) is 17.5. The topological polar surface area (TPSA) is 55.1 Å². The Morgan fingerprint density at radius 3 is 1.91 bits per heavy atom. The van der Waals surface area contributed by atoms with Crippen LogP contribution in [-0.4, -0.2) is 5.91 Å². The monoisotopic (exact) mass is 758 g/mol. The van der Waals surface area contributed by atoms with Crippen molar-refractivity contribution in [3.05, 3.63) is 73.9 Å². The number of amides is 1. The number of benzene rings is 3. The molecule has 3 rings (SSSR count). The number of carbonyl (C=O) groups excluding carboxylic acids is 1. The number of rotatable bonds is 4. The SMILES string of the molecule is Cc1cc(-c2cc(Cl)c(NC(=O)c3c(Br)c(Br)c(C(C)C)c(Br)c3Br)cc2Cl)c(Cl)cc1N. The lowest BCUT2D eigenvalue weighted by atomic mass is 10.0. The highest BCUT2D eigenvalue weighted by molar-refractivity contribution is 9.14. The lowest BCUT2D eigenvalue weighted by Gasteiger charge is -2.19. The smallest absolute Gasteiger partial charge is 0.258 e. The standard InChI is InChI=1S/C23H17Br4Cl3N2O/c1-8(2)17-19(24)21(26)18(22(27)20(17)25)23(33)32-16-7-13(29)11(5-14(16)30)10-4-9(3)15(31)6-12(10)28/h4-8H,31H2,1-3H3,(H,32,33). The van der Waals surface area contributed by atoms with Gasteiger partial charge in [0.05, 0.1) is 26.3 Å². The van der Waals surface area contributed by atoms with E-state index in [4.69, 9.17) is 40.5 Å². The van der Waals surface area contributed by atoms with E-state index in [-0.39, 0.29) is 11.8 Å². The number of nitrogens with two attached hydrogens (primary N) is 1. The number of halogens is 7. The quantitative estimate of drug-likeness (QED) is 0.205. The molecular weight excluding hydrogens is 746 g/mol. The number of hydrogen-bond acceptors (Lipinski definition) is 2. The molecule has 3 aromatic carbocycles. The summed E-state index contributed by atoms with van der Waals surface area (Å²) in [5.74, 6) is -0.138. The molecule has 174 valence electrons. The molecule has 0 aromatic heterocycles. The van der Waals surface area contributed by atoms with Crippen molar-refractivity contribution in [1.29, 1.82) is 0 Å². The van der Waals surface area contributed by atoms with Crippen molar-refractivity contribution < 1.29 is 4.79 Å². The molecule has 0 aliphatic heterocycles. The Morgan fingerprint density at radius 2 is 1.36 bits per heavy atom. The minimum absolute atomic E-state index is 0.225. The zero-order chi connectivity index (χ0) is 24.8. The maximum Gasteiger partial charge on any atom is 0.258 e. The first-order chi connectivity index (χ1) is 15.3. The third-order valence-electron chi connectivity index (χ3n) is 5.05. The first kappa shape index (κ1) is 27.3. The second-order valence-electron chi connectivity index (χ2n) is 7.65.